The van der Waals surface area contributed by atoms with Crippen LogP contribution in [0.2, 0.25) is 0 Å². The van der Waals surface area contributed by atoms with Gasteiger partial charge in [-0.1, -0.05) is 12.8 Å². The van der Waals surface area contributed by atoms with Crippen LogP contribution in [0, 0.1) is 5.92 Å². The summed E-state index contributed by atoms with van der Waals surface area (Å²) in [5.41, 5.74) is 7.12. The summed E-state index contributed by atoms with van der Waals surface area (Å²) in [4.78, 5) is 32.1. The Kier molecular flexibility index (Phi) is 5.76. The molecule has 0 atom stereocenters. The second-order valence-electron chi connectivity index (χ2n) is 10.5. The Hall–Kier alpha value is -4.27. The van der Waals surface area contributed by atoms with Crippen molar-refractivity contribution in [2.75, 3.05) is 23.3 Å². The number of pyridine rings is 3. The summed E-state index contributed by atoms with van der Waals surface area (Å²) in [7, 11) is 0. The summed E-state index contributed by atoms with van der Waals surface area (Å²) in [6.45, 7) is 2.13. The van der Waals surface area contributed by atoms with E-state index in [-0.39, 0.29) is 11.8 Å². The van der Waals surface area contributed by atoms with E-state index in [1.54, 1.807) is 18.6 Å². The Morgan fingerprint density at radius 2 is 1.71 bits per heavy atom. The number of amides is 1. The highest BCUT2D eigenvalue weighted by Gasteiger charge is 2.23. The molecule has 1 aliphatic carbocycles. The van der Waals surface area contributed by atoms with E-state index in [4.69, 9.17) is 0 Å². The van der Waals surface area contributed by atoms with Crippen LogP contribution in [0.4, 0.5) is 11.4 Å². The lowest BCUT2D eigenvalue weighted by molar-refractivity contribution is -0.119. The van der Waals surface area contributed by atoms with Crippen LogP contribution in [-0.2, 0) is 4.79 Å². The van der Waals surface area contributed by atoms with Gasteiger partial charge in [-0.2, -0.15) is 5.10 Å². The number of anilines is 2. The lowest BCUT2D eigenvalue weighted by atomic mass is 10.1. The van der Waals surface area contributed by atoms with Gasteiger partial charge in [0.2, 0.25) is 5.91 Å². The molecule has 2 fully saturated rings. The van der Waals surface area contributed by atoms with Crippen LogP contribution < -0.4 is 10.2 Å². The van der Waals surface area contributed by atoms with Gasteiger partial charge < -0.3 is 15.2 Å². The highest BCUT2D eigenvalue weighted by molar-refractivity contribution is 6.00. The fraction of sp³-hybridized carbons (Fsp3) is 0.345. The van der Waals surface area contributed by atoms with E-state index in [2.05, 4.69) is 46.4 Å². The number of H-pyrrole nitrogens is 2. The predicted molar refractivity (Wildman–Crippen MR) is 149 cm³/mol. The molecule has 9 nitrogen and oxygen atoms in total. The van der Waals surface area contributed by atoms with Gasteiger partial charge in [0.05, 0.1) is 58.6 Å². The van der Waals surface area contributed by atoms with Crippen molar-refractivity contribution in [3.8, 4) is 22.6 Å². The quantitative estimate of drug-likeness (QED) is 0.282. The molecule has 9 heteroatoms. The summed E-state index contributed by atoms with van der Waals surface area (Å²) >= 11 is 0. The Morgan fingerprint density at radius 1 is 0.868 bits per heavy atom. The maximum atomic E-state index is 12.6. The van der Waals surface area contributed by atoms with E-state index >= 15 is 0 Å². The van der Waals surface area contributed by atoms with Crippen molar-refractivity contribution in [3.05, 3.63) is 49.2 Å². The average Bonchev–Trinajstić information content (AvgIpc) is 3.73. The molecule has 0 radical (unpaired) electrons. The van der Waals surface area contributed by atoms with Crippen LogP contribution in [0.15, 0.2) is 49.2 Å². The zero-order valence-electron chi connectivity index (χ0n) is 21.2. The summed E-state index contributed by atoms with van der Waals surface area (Å²) in [5, 5.41) is 12.9. The topological polar surface area (TPSA) is 115 Å². The van der Waals surface area contributed by atoms with E-state index < -0.39 is 0 Å². The number of rotatable bonds is 5. The molecule has 0 bridgehead atoms. The number of fused-ring (bicyclic) bond motifs is 2. The SMILES string of the molecule is O=C(Nc1cncc(-c2cc3c(-c4cc5c(N6CCCCC6)cncc5[nH]4)n[nH]c3cn2)c1)C1CCCC1. The van der Waals surface area contributed by atoms with Gasteiger partial charge in [-0.3, -0.25) is 24.8 Å². The monoisotopic (exact) mass is 506 g/mol. The Morgan fingerprint density at radius 3 is 2.58 bits per heavy atom. The molecule has 1 amide bonds. The zero-order valence-corrected chi connectivity index (χ0v) is 21.2. The molecule has 0 aromatic carbocycles. The highest BCUT2D eigenvalue weighted by Crippen LogP contribution is 2.35. The van der Waals surface area contributed by atoms with E-state index in [1.807, 2.05) is 24.5 Å². The smallest absolute Gasteiger partial charge is 0.227 e. The number of carbonyl (C=O) groups excluding carboxylic acids is 1. The van der Waals surface area contributed by atoms with Crippen molar-refractivity contribution >= 4 is 39.1 Å². The third-order valence-corrected chi connectivity index (χ3v) is 7.95. The molecule has 1 saturated carbocycles. The molecule has 1 aliphatic heterocycles. The number of aromatic nitrogens is 6. The van der Waals surface area contributed by atoms with Crippen molar-refractivity contribution in [1.82, 2.24) is 30.1 Å². The molecule has 38 heavy (non-hydrogen) atoms. The molecule has 3 N–H and O–H groups in total. The number of carbonyl (C=O) groups is 1. The fourth-order valence-electron chi connectivity index (χ4n) is 5.91. The number of hydrogen-bond donors (Lipinski definition) is 3. The first-order valence-corrected chi connectivity index (χ1v) is 13.6. The maximum Gasteiger partial charge on any atom is 0.227 e. The molecule has 7 rings (SSSR count). The van der Waals surface area contributed by atoms with Crippen molar-refractivity contribution in [1.29, 1.82) is 0 Å². The van der Waals surface area contributed by atoms with Gasteiger partial charge >= 0.3 is 0 Å². The molecule has 1 saturated heterocycles. The second-order valence-corrected chi connectivity index (χ2v) is 10.5. The Balaban J connectivity index is 1.22. The molecule has 192 valence electrons. The lowest BCUT2D eigenvalue weighted by Gasteiger charge is -2.28. The van der Waals surface area contributed by atoms with Crippen LogP contribution in [0.25, 0.3) is 44.5 Å². The Labute approximate surface area is 220 Å². The third kappa shape index (κ3) is 4.17. The predicted octanol–water partition coefficient (Wildman–Crippen LogP) is 5.68. The third-order valence-electron chi connectivity index (χ3n) is 7.95. The van der Waals surface area contributed by atoms with E-state index in [0.717, 1.165) is 83.2 Å². The van der Waals surface area contributed by atoms with E-state index in [9.17, 15) is 4.79 Å². The zero-order chi connectivity index (χ0) is 25.5. The normalized spacial score (nSPS) is 16.5. The van der Waals surface area contributed by atoms with Crippen LogP contribution in [-0.4, -0.2) is 49.1 Å². The van der Waals surface area contributed by atoms with Gasteiger partial charge in [-0.15, -0.1) is 0 Å². The van der Waals surface area contributed by atoms with Gasteiger partial charge in [0.1, 0.15) is 5.69 Å². The van der Waals surface area contributed by atoms with Crippen LogP contribution in [0.5, 0.6) is 0 Å². The summed E-state index contributed by atoms with van der Waals surface area (Å²) < 4.78 is 0. The van der Waals surface area contributed by atoms with Crippen LogP contribution in [0.3, 0.4) is 0 Å². The molecule has 5 aromatic rings. The van der Waals surface area contributed by atoms with Crippen molar-refractivity contribution in [2.45, 2.75) is 44.9 Å². The summed E-state index contributed by atoms with van der Waals surface area (Å²) in [6.07, 6.45) is 17.0. The van der Waals surface area contributed by atoms with Crippen molar-refractivity contribution in [2.24, 2.45) is 5.92 Å². The van der Waals surface area contributed by atoms with Gasteiger partial charge in [-0.25, -0.2) is 0 Å². The molecule has 0 spiro atoms. The molecule has 0 unspecified atom stereocenters. The van der Waals surface area contributed by atoms with Gasteiger partial charge in [0.15, 0.2) is 0 Å². The number of nitrogens with zero attached hydrogens (tertiary/aromatic N) is 5. The number of nitrogens with one attached hydrogen (secondary N) is 3. The van der Waals surface area contributed by atoms with E-state index in [1.165, 1.54) is 24.9 Å². The first kappa shape index (κ1) is 22.9. The average molecular weight is 507 g/mol. The van der Waals surface area contributed by atoms with Crippen molar-refractivity contribution in [3.63, 3.8) is 0 Å². The first-order valence-electron chi connectivity index (χ1n) is 13.6. The molecular formula is C29H30N8O. The van der Waals surface area contributed by atoms with Crippen LogP contribution >= 0.6 is 0 Å². The molecule has 6 heterocycles. The molecule has 2 aliphatic rings. The maximum absolute atomic E-state index is 12.6. The fourth-order valence-corrected chi connectivity index (χ4v) is 5.91. The number of hydrogen-bond acceptors (Lipinski definition) is 6. The number of aromatic amines is 2. The Bertz CT molecular complexity index is 1620. The minimum Gasteiger partial charge on any atom is -0.370 e. The largest absolute Gasteiger partial charge is 0.370 e. The lowest BCUT2D eigenvalue weighted by Crippen LogP contribution is -2.29. The van der Waals surface area contributed by atoms with Crippen molar-refractivity contribution < 1.29 is 4.79 Å². The molecule has 5 aromatic heterocycles. The highest BCUT2D eigenvalue weighted by atomic mass is 16.1. The van der Waals surface area contributed by atoms with Gasteiger partial charge in [0, 0.05) is 41.5 Å². The van der Waals surface area contributed by atoms with Crippen LogP contribution in [0.1, 0.15) is 44.9 Å². The van der Waals surface area contributed by atoms with Gasteiger partial charge in [-0.05, 0) is 50.3 Å². The summed E-state index contributed by atoms with van der Waals surface area (Å²) in [5.74, 6) is 0.183. The summed E-state index contributed by atoms with van der Waals surface area (Å²) in [6, 6.07) is 6.15. The van der Waals surface area contributed by atoms with E-state index in [0.29, 0.717) is 5.69 Å². The first-order chi connectivity index (χ1) is 18.7. The minimum atomic E-state index is 0.0826. The standard InChI is InChI=1S/C29H30N8O/c38-29(18-6-2-3-7-18)33-20-10-19(13-30-14-20)23-12-22-26(16-32-23)35-36-28(22)24-11-21-25(34-24)15-31-17-27(21)37-8-4-1-5-9-37/h10-18,34H,1-9H2,(H,33,38)(H,35,36). The number of piperidine rings is 1. The van der Waals surface area contributed by atoms with Gasteiger partial charge in [0.25, 0.3) is 0 Å². The minimum absolute atomic E-state index is 0.0826. The molecular weight excluding hydrogens is 476 g/mol. The second kappa shape index (κ2) is 9.55.